The van der Waals surface area contributed by atoms with Gasteiger partial charge >= 0.3 is 6.03 Å². The lowest BCUT2D eigenvalue weighted by Crippen LogP contribution is -2.50. The highest BCUT2D eigenvalue weighted by Crippen LogP contribution is 2.43. The van der Waals surface area contributed by atoms with E-state index in [1.807, 2.05) is 36.4 Å². The Hall–Kier alpha value is -3.76. The second-order valence-electron chi connectivity index (χ2n) is 13.9. The molecule has 6 fully saturated rings. The van der Waals surface area contributed by atoms with E-state index in [0.717, 1.165) is 62.0 Å². The van der Waals surface area contributed by atoms with Crippen LogP contribution in [0, 0.1) is 0 Å². The number of piperidine rings is 3. The summed E-state index contributed by atoms with van der Waals surface area (Å²) in [5, 5.41) is 5.98. The maximum Gasteiger partial charge on any atom is 0.323 e. The number of nitrogens with zero attached hydrogens (tertiary/aromatic N) is 6. The van der Waals surface area contributed by atoms with Gasteiger partial charge in [-0.2, -0.15) is 15.0 Å². The van der Waals surface area contributed by atoms with Gasteiger partial charge in [0, 0.05) is 29.0 Å². The van der Waals surface area contributed by atoms with E-state index in [2.05, 4.69) is 51.3 Å². The van der Waals surface area contributed by atoms with Crippen molar-refractivity contribution in [2.45, 2.75) is 88.4 Å². The molecule has 2 aromatic carbocycles. The summed E-state index contributed by atoms with van der Waals surface area (Å²) >= 11 is 0. The molecule has 1 aromatic heterocycles. The van der Waals surface area contributed by atoms with Crippen LogP contribution in [0.25, 0.3) is 11.4 Å². The van der Waals surface area contributed by atoms with Crippen molar-refractivity contribution in [1.29, 1.82) is 0 Å². The van der Waals surface area contributed by atoms with E-state index in [4.69, 9.17) is 19.7 Å². The van der Waals surface area contributed by atoms with Crippen molar-refractivity contribution in [3.63, 3.8) is 0 Å². The highest BCUT2D eigenvalue weighted by atomic mass is 16.5. The van der Waals surface area contributed by atoms with Crippen molar-refractivity contribution in [3.8, 4) is 11.4 Å². The average molecular weight is 609 g/mol. The van der Waals surface area contributed by atoms with E-state index >= 15 is 0 Å². The molecule has 2 unspecified atom stereocenters. The average Bonchev–Trinajstić information content (AvgIpc) is 3.54. The molecular formula is C35H44N8O2. The number of aromatic nitrogens is 3. The van der Waals surface area contributed by atoms with Gasteiger partial charge in [-0.3, -0.25) is 0 Å². The number of anilines is 4. The molecule has 2 amide bonds. The molecule has 7 heterocycles. The molecule has 4 bridgehead atoms. The number of fused-ring (bicyclic) bond motifs is 5. The summed E-state index contributed by atoms with van der Waals surface area (Å²) in [5.74, 6) is 2.16. The number of carbonyl (C=O) groups excluding carboxylic acids is 1. The van der Waals surface area contributed by atoms with Gasteiger partial charge in [0.25, 0.3) is 0 Å². The van der Waals surface area contributed by atoms with Gasteiger partial charge in [-0.25, -0.2) is 4.79 Å². The number of carbonyl (C=O) groups is 1. The van der Waals surface area contributed by atoms with Crippen LogP contribution in [0.15, 0.2) is 48.5 Å². The minimum atomic E-state index is -0.260. The van der Waals surface area contributed by atoms with Crippen LogP contribution < -0.4 is 20.4 Å². The molecule has 0 saturated carbocycles. The summed E-state index contributed by atoms with van der Waals surface area (Å²) in [4.78, 5) is 35.2. The predicted octanol–water partition coefficient (Wildman–Crippen LogP) is 5.66. The van der Waals surface area contributed by atoms with Crippen molar-refractivity contribution in [1.82, 2.24) is 19.9 Å². The Morgan fingerprint density at radius 1 is 0.733 bits per heavy atom. The fraction of sp³-hybridized carbons (Fsp3) is 0.543. The van der Waals surface area contributed by atoms with Crippen molar-refractivity contribution < 1.29 is 9.53 Å². The van der Waals surface area contributed by atoms with Gasteiger partial charge in [-0.05, 0) is 126 Å². The summed E-state index contributed by atoms with van der Waals surface area (Å²) in [7, 11) is 0. The van der Waals surface area contributed by atoms with E-state index in [-0.39, 0.29) is 6.03 Å². The van der Waals surface area contributed by atoms with Crippen LogP contribution >= 0.6 is 0 Å². The first kappa shape index (κ1) is 28.7. The zero-order valence-electron chi connectivity index (χ0n) is 26.4. The molecule has 236 valence electrons. The van der Waals surface area contributed by atoms with Crippen molar-refractivity contribution in [2.24, 2.45) is 0 Å². The van der Waals surface area contributed by atoms with Crippen LogP contribution in [-0.2, 0) is 10.2 Å². The minimum absolute atomic E-state index is 0.260. The second kappa shape index (κ2) is 11.6. The van der Waals surface area contributed by atoms with Crippen molar-refractivity contribution >= 4 is 29.3 Å². The van der Waals surface area contributed by atoms with Crippen LogP contribution in [0.1, 0.15) is 64.4 Å². The lowest BCUT2D eigenvalue weighted by atomic mass is 9.67. The molecule has 0 radical (unpaired) electrons. The molecule has 4 atom stereocenters. The molecule has 9 rings (SSSR count). The Labute approximate surface area is 265 Å². The highest BCUT2D eigenvalue weighted by molar-refractivity contribution is 5.99. The van der Waals surface area contributed by atoms with Crippen molar-refractivity contribution in [3.05, 3.63) is 54.1 Å². The Morgan fingerprint density at radius 2 is 1.27 bits per heavy atom. The summed E-state index contributed by atoms with van der Waals surface area (Å²) in [6, 6.07) is 17.4. The largest absolute Gasteiger partial charge is 0.377 e. The van der Waals surface area contributed by atoms with Gasteiger partial charge in [0.05, 0.1) is 25.3 Å². The maximum absolute atomic E-state index is 12.9. The Morgan fingerprint density at radius 3 is 1.84 bits per heavy atom. The quantitative estimate of drug-likeness (QED) is 0.370. The van der Waals surface area contributed by atoms with Gasteiger partial charge in [0.2, 0.25) is 11.9 Å². The fourth-order valence-electron chi connectivity index (χ4n) is 8.42. The Bertz CT molecular complexity index is 1500. The van der Waals surface area contributed by atoms with Crippen LogP contribution in [-0.4, -0.2) is 82.9 Å². The highest BCUT2D eigenvalue weighted by Gasteiger charge is 2.41. The number of rotatable bonds is 6. The first-order chi connectivity index (χ1) is 21.9. The molecule has 6 aliphatic heterocycles. The molecule has 10 heteroatoms. The zero-order valence-corrected chi connectivity index (χ0v) is 26.4. The monoisotopic (exact) mass is 608 g/mol. The van der Waals surface area contributed by atoms with Gasteiger partial charge in [-0.15, -0.1) is 0 Å². The molecular weight excluding hydrogens is 564 g/mol. The standard InChI is InChI=1S/C35H44N8O2/c1-23-3-4-24(2)42(23)32-38-31(39-33(40-32)43-29-13-14-30(43)22-45-21-29)25-5-9-27(10-6-25)36-34(44)37-28-11-7-26(8-12-28)35-15-18-41(19-16-35)20-17-35/h5-12,23-24,29-30H,3-4,13-22H2,1-2H3,(H2,36,37,44)/t23-,24+,29?,30?. The minimum Gasteiger partial charge on any atom is -0.377 e. The Balaban J connectivity index is 0.981. The molecule has 2 N–H and O–H groups in total. The number of hydrogen-bond acceptors (Lipinski definition) is 8. The van der Waals surface area contributed by atoms with Gasteiger partial charge < -0.3 is 30.1 Å². The smallest absolute Gasteiger partial charge is 0.323 e. The van der Waals surface area contributed by atoms with Crippen LogP contribution in [0.2, 0.25) is 0 Å². The SMILES string of the molecule is C[C@@H]1CC[C@H](C)N1c1nc(-c2ccc(NC(=O)Nc3ccc(C45CCN(CC4)CC5)cc3)cc2)nc(N2C3CCC2COC3)n1. The number of benzene rings is 2. The number of hydrogen-bond donors (Lipinski definition) is 2. The summed E-state index contributed by atoms with van der Waals surface area (Å²) in [6.07, 6.45) is 8.16. The van der Waals surface area contributed by atoms with E-state index in [1.165, 1.54) is 44.5 Å². The summed E-state index contributed by atoms with van der Waals surface area (Å²) in [6.45, 7) is 9.53. The van der Waals surface area contributed by atoms with Crippen LogP contribution in [0.4, 0.5) is 28.1 Å². The number of ether oxygens (including phenoxy) is 1. The fourth-order valence-corrected chi connectivity index (χ4v) is 8.42. The lowest BCUT2D eigenvalue weighted by Gasteiger charge is -2.48. The topological polar surface area (TPSA) is 98.8 Å². The molecule has 6 saturated heterocycles. The van der Waals surface area contributed by atoms with E-state index in [9.17, 15) is 4.79 Å². The first-order valence-corrected chi connectivity index (χ1v) is 16.9. The number of nitrogens with one attached hydrogen (secondary N) is 2. The van der Waals surface area contributed by atoms with Gasteiger partial charge in [-0.1, -0.05) is 12.1 Å². The zero-order chi connectivity index (χ0) is 30.5. The third-order valence-electron chi connectivity index (χ3n) is 11.1. The predicted molar refractivity (Wildman–Crippen MR) is 177 cm³/mol. The molecule has 0 aliphatic carbocycles. The summed E-state index contributed by atoms with van der Waals surface area (Å²) < 4.78 is 5.85. The molecule has 0 spiro atoms. The van der Waals surface area contributed by atoms with E-state index in [0.29, 0.717) is 41.1 Å². The normalized spacial score (nSPS) is 30.5. The third-order valence-corrected chi connectivity index (χ3v) is 11.1. The molecule has 6 aliphatic rings. The molecule has 10 nitrogen and oxygen atoms in total. The summed E-state index contributed by atoms with van der Waals surface area (Å²) in [5.41, 5.74) is 4.12. The lowest BCUT2D eigenvalue weighted by molar-refractivity contribution is 0.0818. The van der Waals surface area contributed by atoms with Gasteiger partial charge in [0.1, 0.15) is 0 Å². The number of amides is 2. The van der Waals surface area contributed by atoms with Crippen LogP contribution in [0.5, 0.6) is 0 Å². The van der Waals surface area contributed by atoms with E-state index < -0.39 is 0 Å². The number of morpholine rings is 1. The van der Waals surface area contributed by atoms with E-state index in [1.54, 1.807) is 0 Å². The number of urea groups is 1. The van der Waals surface area contributed by atoms with Crippen LogP contribution in [0.3, 0.4) is 0 Å². The van der Waals surface area contributed by atoms with Gasteiger partial charge in [0.15, 0.2) is 5.82 Å². The molecule has 3 aromatic rings. The maximum atomic E-state index is 12.9. The third kappa shape index (κ3) is 5.42. The Kier molecular flexibility index (Phi) is 7.37. The second-order valence-corrected chi connectivity index (χ2v) is 13.9. The molecule has 45 heavy (non-hydrogen) atoms. The first-order valence-electron chi connectivity index (χ1n) is 16.9. The van der Waals surface area contributed by atoms with Crippen molar-refractivity contribution in [2.75, 3.05) is 53.3 Å².